The number of aromatic nitrogens is 1. The molecule has 33 heavy (non-hydrogen) atoms. The Kier molecular flexibility index (Phi) is 5.02. The highest BCUT2D eigenvalue weighted by Crippen LogP contribution is 2.44. The summed E-state index contributed by atoms with van der Waals surface area (Å²) in [6.07, 6.45) is 3.53. The van der Waals surface area contributed by atoms with Crippen LogP contribution in [0.4, 0.5) is 4.39 Å². The molecule has 0 amide bonds. The first-order valence-corrected chi connectivity index (χ1v) is 13.0. The number of pyridine rings is 1. The quantitative estimate of drug-likeness (QED) is 0.427. The third-order valence-electron chi connectivity index (χ3n) is 6.04. The summed E-state index contributed by atoms with van der Waals surface area (Å²) < 4.78 is 30.9. The molecule has 0 bridgehead atoms. The number of benzene rings is 2. The van der Waals surface area contributed by atoms with E-state index < -0.39 is 15.2 Å². The molecule has 8 heteroatoms. The molecule has 1 unspecified atom stereocenters. The lowest BCUT2D eigenvalue weighted by atomic mass is 9.99. The first kappa shape index (κ1) is 21.6. The molecule has 0 saturated heterocycles. The smallest absolute Gasteiger partial charge is 0.203 e. The van der Waals surface area contributed by atoms with E-state index in [1.165, 1.54) is 15.6 Å². The molecule has 0 fully saturated rings. The van der Waals surface area contributed by atoms with Gasteiger partial charge in [0, 0.05) is 29.5 Å². The predicted molar refractivity (Wildman–Crippen MR) is 137 cm³/mol. The number of aliphatic imine (C=N–C) groups is 1. The Balaban J connectivity index is 1.62. The van der Waals surface area contributed by atoms with Crippen molar-refractivity contribution in [3.8, 4) is 22.3 Å². The molecule has 0 spiro atoms. The van der Waals surface area contributed by atoms with Gasteiger partial charge >= 0.3 is 0 Å². The molecule has 1 aliphatic rings. The molecule has 3 heterocycles. The number of halogens is 1. The maximum absolute atomic E-state index is 15.7. The number of nitrogens with two attached hydrogens (primary N) is 1. The molecule has 2 aromatic heterocycles. The summed E-state index contributed by atoms with van der Waals surface area (Å²) in [6.45, 7) is 1.77. The second-order valence-electron chi connectivity index (χ2n) is 8.40. The number of rotatable bonds is 3. The van der Waals surface area contributed by atoms with Crippen molar-refractivity contribution in [2.75, 3.05) is 12.8 Å². The number of guanidine groups is 1. The third-order valence-corrected chi connectivity index (χ3v) is 9.71. The average molecular weight is 479 g/mol. The monoisotopic (exact) mass is 478 g/mol. The maximum atomic E-state index is 15.7. The van der Waals surface area contributed by atoms with E-state index in [0.29, 0.717) is 10.3 Å². The first-order chi connectivity index (χ1) is 15.7. The molecular weight excluding hydrogens is 455 g/mol. The Labute approximate surface area is 196 Å². The van der Waals surface area contributed by atoms with Crippen LogP contribution in [0, 0.1) is 5.82 Å². The lowest BCUT2D eigenvalue weighted by molar-refractivity contribution is 0.495. The Bertz CT molecular complexity index is 1490. The summed E-state index contributed by atoms with van der Waals surface area (Å²) in [5, 5.41) is 0.523. The van der Waals surface area contributed by atoms with Gasteiger partial charge in [-0.05, 0) is 47.2 Å². The highest BCUT2D eigenvalue weighted by molar-refractivity contribution is 7.98. The van der Waals surface area contributed by atoms with Crippen molar-refractivity contribution in [2.45, 2.75) is 12.5 Å². The molecule has 2 aromatic carbocycles. The van der Waals surface area contributed by atoms with Crippen LogP contribution in [0.5, 0.6) is 0 Å². The fourth-order valence-electron chi connectivity index (χ4n) is 4.23. The van der Waals surface area contributed by atoms with Crippen LogP contribution < -0.4 is 5.73 Å². The standard InChI is InChI=1S/C25H23FN4OS2/c1-25(15-33(3,31)30(2)24(27)29-25)23-21(26)20-6-4-5-19(22(20)32-23)18-9-7-16(8-10-18)17-11-13-28-14-12-17/h4-14H,3,15H2,1-2H3,(H2,27,29)/t25-,33?/m0/s1. The lowest BCUT2D eigenvalue weighted by Gasteiger charge is -2.36. The molecule has 2 atom stereocenters. The van der Waals surface area contributed by atoms with Gasteiger partial charge in [0.05, 0.1) is 20.3 Å². The van der Waals surface area contributed by atoms with Gasteiger partial charge < -0.3 is 5.73 Å². The normalized spacial score (nSPS) is 23.0. The Hall–Kier alpha value is -3.23. The van der Waals surface area contributed by atoms with Crippen molar-refractivity contribution in [1.29, 1.82) is 0 Å². The Morgan fingerprint density at radius 3 is 2.39 bits per heavy atom. The van der Waals surface area contributed by atoms with Crippen molar-refractivity contribution >= 4 is 43.0 Å². The van der Waals surface area contributed by atoms with Gasteiger partial charge in [-0.2, -0.15) is 0 Å². The minimum atomic E-state index is -2.70. The molecule has 5 rings (SSSR count). The van der Waals surface area contributed by atoms with Crippen molar-refractivity contribution in [2.24, 2.45) is 10.7 Å². The second kappa shape index (κ2) is 7.67. The van der Waals surface area contributed by atoms with Crippen molar-refractivity contribution in [3.63, 3.8) is 0 Å². The van der Waals surface area contributed by atoms with Crippen molar-refractivity contribution in [3.05, 3.63) is 77.7 Å². The molecule has 0 radical (unpaired) electrons. The van der Waals surface area contributed by atoms with Crippen LogP contribution in [-0.2, 0) is 15.2 Å². The molecular formula is C25H23FN4OS2. The molecule has 0 saturated carbocycles. The summed E-state index contributed by atoms with van der Waals surface area (Å²) in [7, 11) is -1.10. The summed E-state index contributed by atoms with van der Waals surface area (Å²) in [4.78, 5) is 9.02. The van der Waals surface area contributed by atoms with Crippen molar-refractivity contribution < 1.29 is 8.60 Å². The third kappa shape index (κ3) is 3.59. The van der Waals surface area contributed by atoms with Crippen LogP contribution in [0.25, 0.3) is 32.3 Å². The number of hydrogen-bond donors (Lipinski definition) is 1. The van der Waals surface area contributed by atoms with E-state index in [2.05, 4.69) is 28.0 Å². The zero-order chi connectivity index (χ0) is 23.4. The summed E-state index contributed by atoms with van der Waals surface area (Å²) in [5.41, 5.74) is 9.07. The van der Waals surface area contributed by atoms with Gasteiger partial charge in [0.1, 0.15) is 11.4 Å². The van der Waals surface area contributed by atoms with Gasteiger partial charge in [-0.1, -0.05) is 42.5 Å². The van der Waals surface area contributed by atoms with E-state index in [1.807, 2.05) is 36.4 Å². The van der Waals surface area contributed by atoms with E-state index in [9.17, 15) is 4.21 Å². The largest absolute Gasteiger partial charge is 0.369 e. The van der Waals surface area contributed by atoms with Gasteiger partial charge in [0.2, 0.25) is 5.96 Å². The van der Waals surface area contributed by atoms with E-state index >= 15 is 4.39 Å². The highest BCUT2D eigenvalue weighted by Gasteiger charge is 2.40. The van der Waals surface area contributed by atoms with E-state index in [1.54, 1.807) is 32.4 Å². The number of nitrogens with zero attached hydrogens (tertiary/aromatic N) is 3. The van der Waals surface area contributed by atoms with Crippen LogP contribution in [0.1, 0.15) is 11.8 Å². The SMILES string of the molecule is C=S1(=O)C[C@@](C)(c2sc3c(-c4ccc(-c5ccncc5)cc4)cccc3c2F)N=C(N)N1C. The van der Waals surface area contributed by atoms with Gasteiger partial charge in [0.15, 0.2) is 0 Å². The Morgan fingerprint density at radius 2 is 1.73 bits per heavy atom. The first-order valence-electron chi connectivity index (χ1n) is 10.4. The second-order valence-corrected chi connectivity index (χ2v) is 11.8. The fourth-order valence-corrected chi connectivity index (χ4v) is 7.29. The molecule has 1 aliphatic heterocycles. The summed E-state index contributed by atoms with van der Waals surface area (Å²) >= 11 is 1.34. The molecule has 4 aromatic rings. The van der Waals surface area contributed by atoms with E-state index in [4.69, 9.17) is 5.73 Å². The zero-order valence-corrected chi connectivity index (χ0v) is 19.9. The lowest BCUT2D eigenvalue weighted by Crippen LogP contribution is -2.50. The highest BCUT2D eigenvalue weighted by atomic mass is 32.2. The van der Waals surface area contributed by atoms with Gasteiger partial charge in [-0.25, -0.2) is 13.6 Å². The van der Waals surface area contributed by atoms with Crippen LogP contribution in [0.15, 0.2) is 72.0 Å². The van der Waals surface area contributed by atoms with Crippen LogP contribution in [0.2, 0.25) is 0 Å². The van der Waals surface area contributed by atoms with Crippen molar-refractivity contribution in [1.82, 2.24) is 9.29 Å². The number of hydrogen-bond acceptors (Lipinski definition) is 5. The number of thiophene rings is 1. The molecule has 5 nitrogen and oxygen atoms in total. The summed E-state index contributed by atoms with van der Waals surface area (Å²) in [5.74, 6) is 3.69. The Morgan fingerprint density at radius 1 is 1.09 bits per heavy atom. The van der Waals surface area contributed by atoms with Gasteiger partial charge in [-0.15, -0.1) is 11.3 Å². The minimum absolute atomic E-state index is 0.0942. The van der Waals surface area contributed by atoms with E-state index in [0.717, 1.165) is 27.0 Å². The zero-order valence-electron chi connectivity index (χ0n) is 18.3. The minimum Gasteiger partial charge on any atom is -0.369 e. The predicted octanol–water partition coefficient (Wildman–Crippen LogP) is 4.88. The van der Waals surface area contributed by atoms with Gasteiger partial charge in [-0.3, -0.25) is 9.29 Å². The molecule has 0 aliphatic carbocycles. The van der Waals surface area contributed by atoms with Crippen LogP contribution >= 0.6 is 11.3 Å². The maximum Gasteiger partial charge on any atom is 0.203 e. The van der Waals surface area contributed by atoms with Crippen LogP contribution in [-0.4, -0.2) is 38.1 Å². The average Bonchev–Trinajstić information content (AvgIpc) is 3.15. The fraction of sp³-hybridized carbons (Fsp3) is 0.160. The summed E-state index contributed by atoms with van der Waals surface area (Å²) in [6, 6.07) is 17.7. The molecule has 168 valence electrons. The van der Waals surface area contributed by atoms with E-state index in [-0.39, 0.29) is 17.5 Å². The van der Waals surface area contributed by atoms with Gasteiger partial charge in [0.25, 0.3) is 0 Å². The molecule has 2 N–H and O–H groups in total. The van der Waals surface area contributed by atoms with Crippen LogP contribution in [0.3, 0.4) is 0 Å². The topological polar surface area (TPSA) is 71.6 Å². The number of fused-ring (bicyclic) bond motifs is 1.